The second-order valence-corrected chi connectivity index (χ2v) is 17.1. The standard InChI is InChI=1S/C55H26F12N4O2/c56-52(57,58)29-13-18-43-37(23-29)38-24-30(53(59,60)61)14-19-44(38)69(43)47-22-17-35(34-10-6-11-36-48(34)51(73)71(50(36)72)42-12-5-4-9-33(42)28-7-2-1-3-8-28)49(41(47)27-68)70-45-20-15-31(54(62,63)64)25-39(45)40-26-32(55(65,66)67)16-21-46(40)70/h1-26H. The SMILES string of the molecule is N#Cc1c(-n2c3ccc(C(F)(F)F)cc3c3cc(C(F)(F)F)ccc32)ccc(-c2cccc3c2C(=O)N(c2ccccc2-c2ccccc2)C3=O)c1-n1c2ccc(C(F)(F)F)cc2c2cc(C(F)(F)F)ccc21. The van der Waals surface area contributed by atoms with Gasteiger partial charge in [-0.3, -0.25) is 9.59 Å². The molecule has 0 bridgehead atoms. The Labute approximate surface area is 402 Å². The van der Waals surface area contributed by atoms with E-state index in [1.165, 1.54) is 39.5 Å². The third-order valence-corrected chi connectivity index (χ3v) is 13.0. The molecule has 0 N–H and O–H groups in total. The molecule has 0 radical (unpaired) electrons. The number of fused-ring (bicyclic) bond motifs is 7. The van der Waals surface area contributed by atoms with Crippen molar-refractivity contribution in [3.05, 3.63) is 197 Å². The van der Waals surface area contributed by atoms with Crippen LogP contribution in [0.15, 0.2) is 158 Å². The van der Waals surface area contributed by atoms with E-state index in [1.54, 1.807) is 54.6 Å². The Hall–Kier alpha value is -8.85. The molecule has 2 aromatic heterocycles. The molecular weight excluding hydrogens is 977 g/mol. The molecule has 362 valence electrons. The van der Waals surface area contributed by atoms with Gasteiger partial charge in [-0.05, 0) is 102 Å². The van der Waals surface area contributed by atoms with Crippen molar-refractivity contribution in [2.24, 2.45) is 0 Å². The Morgan fingerprint density at radius 3 is 1.27 bits per heavy atom. The summed E-state index contributed by atoms with van der Waals surface area (Å²) in [4.78, 5) is 30.5. The first-order chi connectivity index (χ1) is 34.6. The number of aromatic nitrogens is 2. The summed E-state index contributed by atoms with van der Waals surface area (Å²) in [6.45, 7) is 0. The van der Waals surface area contributed by atoms with Crippen molar-refractivity contribution in [3.63, 3.8) is 0 Å². The Kier molecular flexibility index (Phi) is 10.3. The van der Waals surface area contributed by atoms with E-state index in [4.69, 9.17) is 0 Å². The van der Waals surface area contributed by atoms with Crippen molar-refractivity contribution in [2.45, 2.75) is 24.7 Å². The molecule has 0 saturated heterocycles. The van der Waals surface area contributed by atoms with E-state index < -0.39 is 64.3 Å². The van der Waals surface area contributed by atoms with Crippen LogP contribution in [0.25, 0.3) is 77.2 Å². The summed E-state index contributed by atoms with van der Waals surface area (Å²) in [7, 11) is 0. The lowest BCUT2D eigenvalue weighted by Gasteiger charge is -2.21. The number of carbonyl (C=O) groups excluding carboxylic acids is 2. The summed E-state index contributed by atoms with van der Waals surface area (Å²) in [5.74, 6) is -1.61. The number of carbonyl (C=O) groups is 2. The molecule has 6 nitrogen and oxygen atoms in total. The molecule has 0 saturated carbocycles. The Balaban J connectivity index is 1.26. The van der Waals surface area contributed by atoms with Gasteiger partial charge >= 0.3 is 24.7 Å². The second kappa shape index (κ2) is 16.1. The average Bonchev–Trinajstić information content (AvgIpc) is 3.95. The lowest BCUT2D eigenvalue weighted by molar-refractivity contribution is -0.138. The highest BCUT2D eigenvalue weighted by atomic mass is 19.4. The quantitative estimate of drug-likeness (QED) is 0.127. The molecule has 2 amide bonds. The fourth-order valence-electron chi connectivity index (χ4n) is 9.84. The van der Waals surface area contributed by atoms with Gasteiger partial charge in [0.2, 0.25) is 0 Å². The first-order valence-corrected chi connectivity index (χ1v) is 21.8. The lowest BCUT2D eigenvalue weighted by Crippen LogP contribution is -2.30. The van der Waals surface area contributed by atoms with E-state index in [1.807, 2.05) is 0 Å². The number of alkyl halides is 12. The third kappa shape index (κ3) is 7.36. The third-order valence-electron chi connectivity index (χ3n) is 13.0. The van der Waals surface area contributed by atoms with Gasteiger partial charge in [0.15, 0.2) is 0 Å². The van der Waals surface area contributed by atoms with Gasteiger partial charge in [-0.25, -0.2) is 4.90 Å². The minimum Gasteiger partial charge on any atom is -0.308 e. The molecule has 0 aliphatic carbocycles. The summed E-state index contributed by atoms with van der Waals surface area (Å²) in [5.41, 5.74) is -5.57. The zero-order valence-electron chi connectivity index (χ0n) is 36.7. The van der Waals surface area contributed by atoms with Crippen molar-refractivity contribution >= 4 is 61.1 Å². The van der Waals surface area contributed by atoms with Crippen LogP contribution in [0.3, 0.4) is 0 Å². The molecule has 1 aliphatic heterocycles. The van der Waals surface area contributed by atoms with Gasteiger partial charge < -0.3 is 9.13 Å². The molecule has 8 aromatic carbocycles. The van der Waals surface area contributed by atoms with Gasteiger partial charge in [-0.2, -0.15) is 57.9 Å². The predicted octanol–water partition coefficient (Wildman–Crippen LogP) is 16.0. The van der Waals surface area contributed by atoms with Gasteiger partial charge in [0.1, 0.15) is 11.6 Å². The maximum absolute atomic E-state index is 15.0. The van der Waals surface area contributed by atoms with Crippen LogP contribution in [0.5, 0.6) is 0 Å². The fraction of sp³-hybridized carbons (Fsp3) is 0.0727. The Morgan fingerprint density at radius 2 is 0.808 bits per heavy atom. The topological polar surface area (TPSA) is 71.0 Å². The molecule has 10 aromatic rings. The van der Waals surface area contributed by atoms with E-state index in [2.05, 4.69) is 6.07 Å². The summed E-state index contributed by atoms with van der Waals surface area (Å²) in [6, 6.07) is 33.6. The van der Waals surface area contributed by atoms with Crippen LogP contribution in [0, 0.1) is 11.3 Å². The molecule has 18 heteroatoms. The van der Waals surface area contributed by atoms with E-state index in [-0.39, 0.29) is 82.9 Å². The highest BCUT2D eigenvalue weighted by molar-refractivity contribution is 6.37. The number of amides is 2. The van der Waals surface area contributed by atoms with E-state index in [0.717, 1.165) is 29.2 Å². The van der Waals surface area contributed by atoms with Crippen LogP contribution >= 0.6 is 0 Å². The maximum atomic E-state index is 15.0. The van der Waals surface area contributed by atoms with Crippen molar-refractivity contribution in [3.8, 4) is 39.7 Å². The normalized spacial score (nSPS) is 13.5. The monoisotopic (exact) mass is 1000 g/mol. The summed E-state index contributed by atoms with van der Waals surface area (Å²) in [5, 5.41) is 10.1. The van der Waals surface area contributed by atoms with Crippen molar-refractivity contribution in [1.29, 1.82) is 5.26 Å². The maximum Gasteiger partial charge on any atom is 0.416 e. The fourth-order valence-corrected chi connectivity index (χ4v) is 9.84. The van der Waals surface area contributed by atoms with Gasteiger partial charge in [-0.1, -0.05) is 66.7 Å². The van der Waals surface area contributed by atoms with E-state index in [0.29, 0.717) is 59.7 Å². The van der Waals surface area contributed by atoms with Crippen LogP contribution in [-0.2, 0) is 24.7 Å². The predicted molar refractivity (Wildman–Crippen MR) is 248 cm³/mol. The summed E-state index contributed by atoms with van der Waals surface area (Å²) in [6.07, 6.45) is -19.9. The molecule has 73 heavy (non-hydrogen) atoms. The second-order valence-electron chi connectivity index (χ2n) is 17.1. The summed E-state index contributed by atoms with van der Waals surface area (Å²) >= 11 is 0. The Morgan fingerprint density at radius 1 is 0.384 bits per heavy atom. The van der Waals surface area contributed by atoms with E-state index >= 15 is 4.79 Å². The van der Waals surface area contributed by atoms with E-state index in [9.17, 15) is 62.7 Å². The molecule has 0 atom stereocenters. The number of anilines is 1. The molecule has 0 spiro atoms. The number of nitrogens with zero attached hydrogens (tertiary/aromatic N) is 4. The number of hydrogen-bond acceptors (Lipinski definition) is 3. The largest absolute Gasteiger partial charge is 0.416 e. The molecule has 0 unspecified atom stereocenters. The van der Waals surface area contributed by atoms with Crippen LogP contribution < -0.4 is 4.90 Å². The lowest BCUT2D eigenvalue weighted by atomic mass is 9.92. The molecule has 0 fully saturated rings. The van der Waals surface area contributed by atoms with Crippen molar-refractivity contribution < 1.29 is 62.3 Å². The van der Waals surface area contributed by atoms with Gasteiger partial charge in [0.25, 0.3) is 11.8 Å². The molecule has 3 heterocycles. The van der Waals surface area contributed by atoms with Crippen molar-refractivity contribution in [2.75, 3.05) is 4.90 Å². The minimum absolute atomic E-state index is 0.0331. The highest BCUT2D eigenvalue weighted by Gasteiger charge is 2.42. The number of imide groups is 1. The highest BCUT2D eigenvalue weighted by Crippen LogP contribution is 2.48. The van der Waals surface area contributed by atoms with Gasteiger partial charge in [-0.15, -0.1) is 0 Å². The summed E-state index contributed by atoms with van der Waals surface area (Å²) < 4.78 is 174. The average molecular weight is 1000 g/mol. The van der Waals surface area contributed by atoms with Gasteiger partial charge in [0.05, 0.1) is 72.5 Å². The van der Waals surface area contributed by atoms with Crippen LogP contribution in [-0.4, -0.2) is 20.9 Å². The van der Waals surface area contributed by atoms with Gasteiger partial charge in [0, 0.05) is 32.7 Å². The molecule has 11 rings (SSSR count). The van der Waals surface area contributed by atoms with Crippen LogP contribution in [0.2, 0.25) is 0 Å². The number of rotatable bonds is 5. The number of nitriles is 1. The number of hydrogen-bond donors (Lipinski definition) is 0. The first kappa shape index (κ1) is 46.5. The zero-order chi connectivity index (χ0) is 51.7. The van der Waals surface area contributed by atoms with Crippen LogP contribution in [0.1, 0.15) is 48.5 Å². The Bertz CT molecular complexity index is 3900. The minimum atomic E-state index is -5.00. The smallest absolute Gasteiger partial charge is 0.308 e. The molecular formula is C55H26F12N4O2. The van der Waals surface area contributed by atoms with Crippen LogP contribution in [0.4, 0.5) is 58.4 Å². The van der Waals surface area contributed by atoms with Crippen molar-refractivity contribution in [1.82, 2.24) is 9.13 Å². The zero-order valence-corrected chi connectivity index (χ0v) is 36.7. The number of para-hydroxylation sites is 1. The first-order valence-electron chi connectivity index (χ1n) is 21.8. The number of benzene rings is 8. The molecule has 1 aliphatic rings. The number of halogens is 12.